The van der Waals surface area contributed by atoms with E-state index in [-0.39, 0.29) is 36.0 Å². The molecule has 1 aliphatic rings. The van der Waals surface area contributed by atoms with Crippen LogP contribution in [0, 0.1) is 11.8 Å². The Labute approximate surface area is 104 Å². The Hall–Kier alpha value is -0.610. The van der Waals surface area contributed by atoms with Gasteiger partial charge in [0.05, 0.1) is 18.1 Å². The Morgan fingerprint density at radius 3 is 2.35 bits per heavy atom. The van der Waals surface area contributed by atoms with Gasteiger partial charge in [-0.25, -0.2) is 0 Å². The summed E-state index contributed by atoms with van der Waals surface area (Å²) in [4.78, 5) is 14.3. The predicted molar refractivity (Wildman–Crippen MR) is 68.6 cm³/mol. The molecule has 1 saturated heterocycles. The first kappa shape index (κ1) is 14.5. The van der Waals surface area contributed by atoms with Crippen molar-refractivity contribution in [2.75, 3.05) is 13.6 Å². The summed E-state index contributed by atoms with van der Waals surface area (Å²) >= 11 is 0. The van der Waals surface area contributed by atoms with Gasteiger partial charge in [-0.15, -0.1) is 0 Å². The van der Waals surface area contributed by atoms with E-state index in [0.717, 1.165) is 6.42 Å². The topological polar surface area (TPSA) is 55.6 Å². The quantitative estimate of drug-likeness (QED) is 0.807. The number of hydrogen-bond donors (Lipinski definition) is 1. The third-order valence-electron chi connectivity index (χ3n) is 4.12. The monoisotopic (exact) mass is 242 g/mol. The molecule has 0 spiro atoms. The summed E-state index contributed by atoms with van der Waals surface area (Å²) in [6.45, 7) is 8.78. The molecule has 17 heavy (non-hydrogen) atoms. The summed E-state index contributed by atoms with van der Waals surface area (Å²) in [6, 6.07) is 0.197. The second kappa shape index (κ2) is 5.83. The highest BCUT2D eigenvalue weighted by Gasteiger charge is 2.43. The lowest BCUT2D eigenvalue weighted by atomic mass is 9.88. The molecule has 0 radical (unpaired) electrons. The Kier molecular flexibility index (Phi) is 4.95. The van der Waals surface area contributed by atoms with Crippen LogP contribution in [0.2, 0.25) is 0 Å². The number of nitrogens with zero attached hydrogens (tertiary/aromatic N) is 1. The first-order valence-electron chi connectivity index (χ1n) is 6.52. The molecule has 100 valence electrons. The van der Waals surface area contributed by atoms with Gasteiger partial charge in [0, 0.05) is 13.1 Å². The zero-order valence-corrected chi connectivity index (χ0v) is 11.6. The molecular weight excluding hydrogens is 216 g/mol. The molecule has 5 atom stereocenters. The highest BCUT2D eigenvalue weighted by molar-refractivity contribution is 5.80. The third kappa shape index (κ3) is 2.99. The fourth-order valence-electron chi connectivity index (χ4n) is 2.58. The molecule has 1 heterocycles. The Morgan fingerprint density at radius 2 is 1.94 bits per heavy atom. The van der Waals surface area contributed by atoms with Crippen molar-refractivity contribution in [1.82, 2.24) is 4.90 Å². The lowest BCUT2D eigenvalue weighted by molar-refractivity contribution is -0.138. The first-order chi connectivity index (χ1) is 7.90. The van der Waals surface area contributed by atoms with E-state index in [9.17, 15) is 4.79 Å². The van der Waals surface area contributed by atoms with Crippen molar-refractivity contribution in [3.63, 3.8) is 0 Å². The van der Waals surface area contributed by atoms with Gasteiger partial charge in [-0.2, -0.15) is 0 Å². The van der Waals surface area contributed by atoms with Crippen LogP contribution < -0.4 is 5.73 Å². The Bertz CT molecular complexity index is 270. The predicted octanol–water partition coefficient (Wildman–Crippen LogP) is 1.24. The maximum atomic E-state index is 12.4. The summed E-state index contributed by atoms with van der Waals surface area (Å²) in [7, 11) is 1.87. The molecule has 0 aromatic rings. The van der Waals surface area contributed by atoms with Crippen LogP contribution in [-0.2, 0) is 9.53 Å². The van der Waals surface area contributed by atoms with Crippen LogP contribution in [-0.4, -0.2) is 42.6 Å². The third-order valence-corrected chi connectivity index (χ3v) is 4.12. The van der Waals surface area contributed by atoms with Crippen molar-refractivity contribution in [2.45, 2.75) is 52.4 Å². The maximum Gasteiger partial charge on any atom is 0.228 e. The molecule has 2 N–H and O–H groups in total. The smallest absolute Gasteiger partial charge is 0.228 e. The van der Waals surface area contributed by atoms with E-state index >= 15 is 0 Å². The lowest BCUT2D eigenvalue weighted by Gasteiger charge is -2.29. The second-order valence-corrected chi connectivity index (χ2v) is 5.31. The molecule has 0 aromatic heterocycles. The number of carbonyl (C=O) groups is 1. The molecule has 1 amide bonds. The van der Waals surface area contributed by atoms with Crippen molar-refractivity contribution in [3.8, 4) is 0 Å². The van der Waals surface area contributed by atoms with Crippen molar-refractivity contribution in [2.24, 2.45) is 17.6 Å². The molecular formula is C13H26N2O2. The summed E-state index contributed by atoms with van der Waals surface area (Å²) < 4.78 is 5.72. The van der Waals surface area contributed by atoms with Gasteiger partial charge in [0.25, 0.3) is 0 Å². The first-order valence-corrected chi connectivity index (χ1v) is 6.52. The van der Waals surface area contributed by atoms with E-state index in [1.165, 1.54) is 0 Å². The van der Waals surface area contributed by atoms with Crippen molar-refractivity contribution in [3.05, 3.63) is 0 Å². The highest BCUT2D eigenvalue weighted by atomic mass is 16.5. The molecule has 1 fully saturated rings. The number of nitrogens with two attached hydrogens (primary N) is 1. The fraction of sp³-hybridized carbons (Fsp3) is 0.923. The zero-order valence-electron chi connectivity index (χ0n) is 11.6. The van der Waals surface area contributed by atoms with E-state index in [2.05, 4.69) is 6.92 Å². The normalized spacial score (nSPS) is 34.7. The van der Waals surface area contributed by atoms with Crippen molar-refractivity contribution < 1.29 is 9.53 Å². The van der Waals surface area contributed by atoms with Crippen LogP contribution in [0.15, 0.2) is 0 Å². The van der Waals surface area contributed by atoms with Crippen molar-refractivity contribution in [1.29, 1.82) is 0 Å². The van der Waals surface area contributed by atoms with Gasteiger partial charge < -0.3 is 15.4 Å². The largest absolute Gasteiger partial charge is 0.374 e. The van der Waals surface area contributed by atoms with E-state index < -0.39 is 0 Å². The van der Waals surface area contributed by atoms with Gasteiger partial charge in [-0.3, -0.25) is 4.79 Å². The van der Waals surface area contributed by atoms with Crippen LogP contribution in [0.25, 0.3) is 0 Å². The molecule has 0 saturated carbocycles. The summed E-state index contributed by atoms with van der Waals surface area (Å²) in [5.41, 5.74) is 5.53. The molecule has 1 rings (SSSR count). The van der Waals surface area contributed by atoms with Crippen LogP contribution in [0.5, 0.6) is 0 Å². The van der Waals surface area contributed by atoms with Crippen LogP contribution in [0.4, 0.5) is 0 Å². The van der Waals surface area contributed by atoms with E-state index in [1.807, 2.05) is 32.7 Å². The molecule has 1 aliphatic heterocycles. The summed E-state index contributed by atoms with van der Waals surface area (Å²) in [6.07, 6.45) is 1.02. The SMILES string of the molecule is CC1OC(C)C(C(=O)N(C)C(C)CCN)C1C. The maximum absolute atomic E-state index is 12.4. The molecule has 4 nitrogen and oxygen atoms in total. The van der Waals surface area contributed by atoms with Gasteiger partial charge in [-0.05, 0) is 39.7 Å². The number of rotatable bonds is 4. The minimum Gasteiger partial charge on any atom is -0.374 e. The molecule has 0 aromatic carbocycles. The second-order valence-electron chi connectivity index (χ2n) is 5.31. The minimum atomic E-state index is -0.0183. The fourth-order valence-corrected chi connectivity index (χ4v) is 2.58. The Balaban J connectivity index is 2.69. The molecule has 0 bridgehead atoms. The zero-order chi connectivity index (χ0) is 13.2. The van der Waals surface area contributed by atoms with Crippen LogP contribution >= 0.6 is 0 Å². The average molecular weight is 242 g/mol. The van der Waals surface area contributed by atoms with Gasteiger partial charge in [0.15, 0.2) is 0 Å². The number of carbonyl (C=O) groups excluding carboxylic acids is 1. The Morgan fingerprint density at radius 1 is 1.35 bits per heavy atom. The van der Waals surface area contributed by atoms with Gasteiger partial charge in [-0.1, -0.05) is 6.92 Å². The standard InChI is InChI=1S/C13H26N2O2/c1-8(6-7-14)15(5)13(16)12-9(2)10(3)17-11(12)4/h8-12H,6-7,14H2,1-5H3. The number of amides is 1. The number of ether oxygens (including phenoxy) is 1. The molecule has 5 unspecified atom stereocenters. The van der Waals surface area contributed by atoms with E-state index in [0.29, 0.717) is 6.54 Å². The molecule has 0 aliphatic carbocycles. The van der Waals surface area contributed by atoms with Gasteiger partial charge >= 0.3 is 0 Å². The van der Waals surface area contributed by atoms with Crippen LogP contribution in [0.3, 0.4) is 0 Å². The van der Waals surface area contributed by atoms with E-state index in [1.54, 1.807) is 0 Å². The van der Waals surface area contributed by atoms with E-state index in [4.69, 9.17) is 10.5 Å². The lowest BCUT2D eigenvalue weighted by Crippen LogP contribution is -2.43. The highest BCUT2D eigenvalue weighted by Crippen LogP contribution is 2.33. The van der Waals surface area contributed by atoms with Crippen molar-refractivity contribution >= 4 is 5.91 Å². The van der Waals surface area contributed by atoms with Crippen LogP contribution in [0.1, 0.15) is 34.1 Å². The van der Waals surface area contributed by atoms with Gasteiger partial charge in [0.2, 0.25) is 5.91 Å². The molecule has 4 heteroatoms. The summed E-state index contributed by atoms with van der Waals surface area (Å²) in [5.74, 6) is 0.454. The summed E-state index contributed by atoms with van der Waals surface area (Å²) in [5, 5.41) is 0. The minimum absolute atomic E-state index is 0.0139. The average Bonchev–Trinajstić information content (AvgIpc) is 2.51. The van der Waals surface area contributed by atoms with Gasteiger partial charge in [0.1, 0.15) is 0 Å². The number of hydrogen-bond acceptors (Lipinski definition) is 3.